The van der Waals surface area contributed by atoms with Crippen molar-refractivity contribution in [3.05, 3.63) is 24.3 Å². The number of rotatable bonds is 5. The average molecular weight is 302 g/mol. The molecule has 0 aliphatic heterocycles. The summed E-state index contributed by atoms with van der Waals surface area (Å²) < 4.78 is 4.91. The minimum atomic E-state index is -0.591. The maximum absolute atomic E-state index is 11.6. The second kappa shape index (κ2) is 8.52. The van der Waals surface area contributed by atoms with Crippen molar-refractivity contribution in [3.63, 3.8) is 0 Å². The average Bonchev–Trinajstić information content (AvgIpc) is 2.37. The van der Waals surface area contributed by atoms with E-state index in [1.807, 2.05) is 0 Å². The first-order chi connectivity index (χ1) is 8.93. The van der Waals surface area contributed by atoms with Gasteiger partial charge in [0.2, 0.25) is 5.91 Å². The number of anilines is 2. The van der Waals surface area contributed by atoms with Crippen molar-refractivity contribution < 1.29 is 14.3 Å². The maximum atomic E-state index is 11.6. The number of carbonyl (C=O) groups is 2. The van der Waals surface area contributed by atoms with Crippen LogP contribution in [0.5, 0.6) is 0 Å². The molecule has 0 radical (unpaired) electrons. The van der Waals surface area contributed by atoms with E-state index < -0.39 is 12.1 Å². The minimum absolute atomic E-state index is 0. The minimum Gasteiger partial charge on any atom is -0.372 e. The lowest BCUT2D eigenvalue weighted by Gasteiger charge is -2.12. The highest BCUT2D eigenvalue weighted by molar-refractivity contribution is 5.97. The Morgan fingerprint density at radius 1 is 1.15 bits per heavy atom. The highest BCUT2D eigenvalue weighted by Crippen LogP contribution is 2.15. The number of nitrogens with one attached hydrogen (secondary N) is 2. The lowest BCUT2D eigenvalue weighted by Crippen LogP contribution is -2.32. The largest absolute Gasteiger partial charge is 0.372 e. The molecule has 0 aliphatic carbocycles. The molecule has 1 aromatic rings. The van der Waals surface area contributed by atoms with Crippen molar-refractivity contribution in [1.82, 2.24) is 0 Å². The highest BCUT2D eigenvalue weighted by atomic mass is 35.5. The van der Waals surface area contributed by atoms with E-state index in [2.05, 4.69) is 10.6 Å². The summed E-state index contributed by atoms with van der Waals surface area (Å²) in [5.74, 6) is -0.535. The second-order valence-corrected chi connectivity index (χ2v) is 4.23. The highest BCUT2D eigenvalue weighted by Gasteiger charge is 2.12. The molecule has 1 rings (SSSR count). The number of hydrogen-bond acceptors (Lipinski definition) is 4. The third kappa shape index (κ3) is 5.56. The first-order valence-electron chi connectivity index (χ1n) is 5.94. The van der Waals surface area contributed by atoms with Crippen LogP contribution >= 0.6 is 12.4 Å². The maximum Gasteiger partial charge on any atom is 0.253 e. The number of halogens is 1. The van der Waals surface area contributed by atoms with E-state index in [9.17, 15) is 9.59 Å². The van der Waals surface area contributed by atoms with E-state index in [0.717, 1.165) is 0 Å². The molecule has 0 saturated carbocycles. The van der Waals surface area contributed by atoms with Crippen molar-refractivity contribution >= 4 is 35.6 Å². The molecule has 7 heteroatoms. The summed E-state index contributed by atoms with van der Waals surface area (Å²) in [7, 11) is 1.46. The molecule has 0 bridgehead atoms. The summed E-state index contributed by atoms with van der Waals surface area (Å²) in [6.07, 6.45) is -0.540. The molecule has 2 atom stereocenters. The van der Waals surface area contributed by atoms with Crippen LogP contribution in [-0.2, 0) is 14.3 Å². The fourth-order valence-electron chi connectivity index (χ4n) is 1.28. The van der Waals surface area contributed by atoms with Gasteiger partial charge in [0.05, 0.1) is 6.04 Å². The molecule has 20 heavy (non-hydrogen) atoms. The lowest BCUT2D eigenvalue weighted by atomic mass is 10.2. The zero-order valence-corrected chi connectivity index (χ0v) is 12.5. The standard InChI is InChI=1S/C13H19N3O3.ClH/c1-8(14)12(17)15-10-5-4-6-11(7-10)16-13(18)9(2)19-3;/h4-9H,14H2,1-3H3,(H,15,17)(H,16,18);1H/t8-,9?;/m0./s1. The molecule has 2 amide bonds. The van der Waals surface area contributed by atoms with Gasteiger partial charge in [-0.25, -0.2) is 0 Å². The van der Waals surface area contributed by atoms with Crippen LogP contribution in [0.4, 0.5) is 11.4 Å². The van der Waals surface area contributed by atoms with E-state index in [0.29, 0.717) is 11.4 Å². The first kappa shape index (κ1) is 18.4. The normalized spacial score (nSPS) is 12.8. The molecule has 4 N–H and O–H groups in total. The van der Waals surface area contributed by atoms with Gasteiger partial charge in [-0.15, -0.1) is 12.4 Å². The van der Waals surface area contributed by atoms with Gasteiger partial charge in [0, 0.05) is 18.5 Å². The van der Waals surface area contributed by atoms with Gasteiger partial charge in [0.25, 0.3) is 5.91 Å². The topological polar surface area (TPSA) is 93.5 Å². The SMILES string of the molecule is COC(C)C(=O)Nc1cccc(NC(=O)[C@H](C)N)c1.Cl. The van der Waals surface area contributed by atoms with Gasteiger partial charge in [-0.05, 0) is 32.0 Å². The van der Waals surface area contributed by atoms with Gasteiger partial charge in [-0.3, -0.25) is 9.59 Å². The molecule has 112 valence electrons. The molecular formula is C13H20ClN3O3. The van der Waals surface area contributed by atoms with E-state index in [4.69, 9.17) is 10.5 Å². The predicted molar refractivity (Wildman–Crippen MR) is 81.1 cm³/mol. The van der Waals surface area contributed by atoms with Crippen LogP contribution in [0.2, 0.25) is 0 Å². The van der Waals surface area contributed by atoms with E-state index in [1.54, 1.807) is 38.1 Å². The Morgan fingerprint density at radius 3 is 2.10 bits per heavy atom. The molecule has 6 nitrogen and oxygen atoms in total. The number of hydrogen-bond donors (Lipinski definition) is 3. The third-order valence-corrected chi connectivity index (χ3v) is 2.53. The molecule has 1 unspecified atom stereocenters. The summed E-state index contributed by atoms with van der Waals surface area (Å²) in [5, 5.41) is 5.34. The van der Waals surface area contributed by atoms with Gasteiger partial charge in [-0.2, -0.15) is 0 Å². The molecule has 0 aliphatic rings. The summed E-state index contributed by atoms with van der Waals surface area (Å²) in [4.78, 5) is 23.1. The van der Waals surface area contributed by atoms with Crippen molar-refractivity contribution in [3.8, 4) is 0 Å². The number of ether oxygens (including phenoxy) is 1. The van der Waals surface area contributed by atoms with E-state index >= 15 is 0 Å². The van der Waals surface area contributed by atoms with Gasteiger partial charge in [0.1, 0.15) is 6.10 Å². The smallest absolute Gasteiger partial charge is 0.253 e. The summed E-state index contributed by atoms with van der Waals surface area (Å²) in [6, 6.07) is 6.23. The van der Waals surface area contributed by atoms with Crippen LogP contribution in [0.15, 0.2) is 24.3 Å². The van der Waals surface area contributed by atoms with Crippen LogP contribution in [-0.4, -0.2) is 31.1 Å². The predicted octanol–water partition coefficient (Wildman–Crippen LogP) is 1.37. The van der Waals surface area contributed by atoms with Gasteiger partial charge in [0.15, 0.2) is 0 Å². The van der Waals surface area contributed by atoms with Crippen molar-refractivity contribution in [2.45, 2.75) is 26.0 Å². The Balaban J connectivity index is 0.00000361. The van der Waals surface area contributed by atoms with Crippen LogP contribution in [0.3, 0.4) is 0 Å². The molecule has 1 aromatic carbocycles. The van der Waals surface area contributed by atoms with Crippen molar-refractivity contribution in [2.24, 2.45) is 5.73 Å². The molecule has 0 spiro atoms. The number of amides is 2. The monoisotopic (exact) mass is 301 g/mol. The molecular weight excluding hydrogens is 282 g/mol. The van der Waals surface area contributed by atoms with E-state index in [-0.39, 0.29) is 24.2 Å². The Morgan fingerprint density at radius 2 is 1.65 bits per heavy atom. The fourth-order valence-corrected chi connectivity index (χ4v) is 1.28. The summed E-state index contributed by atoms with van der Waals surface area (Å²) >= 11 is 0. The summed E-state index contributed by atoms with van der Waals surface area (Å²) in [6.45, 7) is 3.25. The van der Waals surface area contributed by atoms with Crippen molar-refractivity contribution in [1.29, 1.82) is 0 Å². The molecule has 0 fully saturated rings. The van der Waals surface area contributed by atoms with Crippen molar-refractivity contribution in [2.75, 3.05) is 17.7 Å². The number of benzene rings is 1. The number of methoxy groups -OCH3 is 1. The van der Waals surface area contributed by atoms with Gasteiger partial charge >= 0.3 is 0 Å². The quantitative estimate of drug-likeness (QED) is 0.765. The Kier molecular flexibility index (Phi) is 7.83. The van der Waals surface area contributed by atoms with Crippen LogP contribution in [0.25, 0.3) is 0 Å². The Hall–Kier alpha value is -1.63. The number of nitrogens with two attached hydrogens (primary N) is 1. The third-order valence-electron chi connectivity index (χ3n) is 2.53. The molecule has 0 saturated heterocycles. The summed E-state index contributed by atoms with van der Waals surface area (Å²) in [5.41, 5.74) is 6.62. The van der Waals surface area contributed by atoms with E-state index in [1.165, 1.54) is 7.11 Å². The molecule has 0 heterocycles. The van der Waals surface area contributed by atoms with Crippen LogP contribution in [0.1, 0.15) is 13.8 Å². The molecule has 0 aromatic heterocycles. The van der Waals surface area contributed by atoms with Gasteiger partial charge < -0.3 is 21.1 Å². The van der Waals surface area contributed by atoms with Gasteiger partial charge in [-0.1, -0.05) is 6.07 Å². The first-order valence-corrected chi connectivity index (χ1v) is 5.94. The zero-order valence-electron chi connectivity index (χ0n) is 11.7. The van der Waals surface area contributed by atoms with Crippen LogP contribution < -0.4 is 16.4 Å². The number of carbonyl (C=O) groups excluding carboxylic acids is 2. The Bertz CT molecular complexity index is 466. The van der Waals surface area contributed by atoms with Crippen LogP contribution in [0, 0.1) is 0 Å². The Labute approximate surface area is 124 Å². The second-order valence-electron chi connectivity index (χ2n) is 4.23. The fraction of sp³-hybridized carbons (Fsp3) is 0.385. The zero-order chi connectivity index (χ0) is 14.4. The lowest BCUT2D eigenvalue weighted by molar-refractivity contribution is -0.124.